The van der Waals surface area contributed by atoms with Gasteiger partial charge >= 0.3 is 5.69 Å². The van der Waals surface area contributed by atoms with Crippen LogP contribution in [-0.4, -0.2) is 56.3 Å². The molecule has 0 radical (unpaired) electrons. The number of aromatic nitrogens is 4. The zero-order chi connectivity index (χ0) is 17.4. The van der Waals surface area contributed by atoms with E-state index < -0.39 is 0 Å². The molecule has 1 saturated heterocycles. The molecule has 1 aliphatic rings. The van der Waals surface area contributed by atoms with Crippen molar-refractivity contribution in [2.75, 3.05) is 31.1 Å². The minimum absolute atomic E-state index is 0.172. The maximum absolute atomic E-state index is 12.7. The third-order valence-electron chi connectivity index (χ3n) is 4.53. The number of H-pyrrole nitrogens is 1. The van der Waals surface area contributed by atoms with E-state index in [1.807, 2.05) is 19.2 Å². The lowest BCUT2D eigenvalue weighted by Gasteiger charge is -2.36. The van der Waals surface area contributed by atoms with Gasteiger partial charge in [0.25, 0.3) is 5.91 Å². The van der Waals surface area contributed by atoms with E-state index in [9.17, 15) is 9.59 Å². The quantitative estimate of drug-likeness (QED) is 0.743. The molecule has 0 spiro atoms. The van der Waals surface area contributed by atoms with Crippen molar-refractivity contribution < 1.29 is 4.79 Å². The minimum atomic E-state index is -0.357. The zero-order valence-corrected chi connectivity index (χ0v) is 13.8. The summed E-state index contributed by atoms with van der Waals surface area (Å²) in [7, 11) is 0. The van der Waals surface area contributed by atoms with Crippen molar-refractivity contribution in [3.63, 3.8) is 0 Å². The van der Waals surface area contributed by atoms with Crippen LogP contribution in [0, 0.1) is 6.92 Å². The van der Waals surface area contributed by atoms with Gasteiger partial charge in [-0.05, 0) is 18.6 Å². The molecule has 0 unspecified atom stereocenters. The highest BCUT2D eigenvalue weighted by Crippen LogP contribution is 2.20. The van der Waals surface area contributed by atoms with Crippen LogP contribution in [0.25, 0.3) is 5.65 Å². The van der Waals surface area contributed by atoms with Gasteiger partial charge < -0.3 is 14.8 Å². The molecular formula is C17H18N6O2. The maximum Gasteiger partial charge on any atom is 0.331 e. The number of rotatable bonds is 2. The predicted molar refractivity (Wildman–Crippen MR) is 92.9 cm³/mol. The molecule has 0 saturated carbocycles. The van der Waals surface area contributed by atoms with E-state index in [4.69, 9.17) is 0 Å². The summed E-state index contributed by atoms with van der Waals surface area (Å²) in [6, 6.07) is 3.61. The Balaban J connectivity index is 1.51. The second kappa shape index (κ2) is 6.04. The summed E-state index contributed by atoms with van der Waals surface area (Å²) >= 11 is 0. The van der Waals surface area contributed by atoms with E-state index in [1.54, 1.807) is 23.4 Å². The lowest BCUT2D eigenvalue weighted by Crippen LogP contribution is -2.49. The molecule has 1 amide bonds. The Hall–Kier alpha value is -3.16. The first-order valence-corrected chi connectivity index (χ1v) is 8.15. The van der Waals surface area contributed by atoms with Crippen LogP contribution in [0.3, 0.4) is 0 Å². The maximum atomic E-state index is 12.7. The van der Waals surface area contributed by atoms with Gasteiger partial charge in [0.1, 0.15) is 11.3 Å². The number of fused-ring (bicyclic) bond motifs is 1. The molecule has 0 aromatic carbocycles. The van der Waals surface area contributed by atoms with Crippen LogP contribution in [-0.2, 0) is 0 Å². The van der Waals surface area contributed by atoms with Crippen molar-refractivity contribution in [2.24, 2.45) is 0 Å². The number of amides is 1. The number of nitrogens with zero attached hydrogens (tertiary/aromatic N) is 5. The fourth-order valence-corrected chi connectivity index (χ4v) is 3.19. The number of carbonyl (C=O) groups is 1. The number of pyridine rings is 1. The standard InChI is InChI=1S/C17H18N6O2/c1-12-11-18-3-2-14(12)21-6-8-22(9-7-21)16(24)13-10-15-19-4-5-23(15)17(25)20-13/h2-5,10-11H,6-9H2,1H3,(H,20,25). The Morgan fingerprint density at radius 1 is 1.20 bits per heavy atom. The van der Waals surface area contributed by atoms with E-state index in [0.29, 0.717) is 18.7 Å². The van der Waals surface area contributed by atoms with Crippen LogP contribution in [0.2, 0.25) is 0 Å². The molecule has 25 heavy (non-hydrogen) atoms. The van der Waals surface area contributed by atoms with Gasteiger partial charge in [-0.3, -0.25) is 14.2 Å². The summed E-state index contributed by atoms with van der Waals surface area (Å²) in [4.78, 5) is 39.6. The number of anilines is 1. The number of piperazine rings is 1. The SMILES string of the molecule is Cc1cnccc1N1CCN(C(=O)c2cc3nccn3c(=O)[nH]2)CC1. The Bertz CT molecular complexity index is 984. The Morgan fingerprint density at radius 2 is 2.00 bits per heavy atom. The average Bonchev–Trinajstić information content (AvgIpc) is 3.11. The van der Waals surface area contributed by atoms with Gasteiger partial charge in [0.2, 0.25) is 0 Å². The Morgan fingerprint density at radius 3 is 2.76 bits per heavy atom. The molecule has 0 bridgehead atoms. The molecule has 4 rings (SSSR count). The van der Waals surface area contributed by atoms with Gasteiger partial charge in [-0.25, -0.2) is 9.78 Å². The summed E-state index contributed by atoms with van der Waals surface area (Å²) in [5.41, 5.74) is 2.66. The van der Waals surface area contributed by atoms with Crippen LogP contribution >= 0.6 is 0 Å². The van der Waals surface area contributed by atoms with Crippen LogP contribution in [0.15, 0.2) is 41.7 Å². The molecule has 8 nitrogen and oxygen atoms in total. The minimum Gasteiger partial charge on any atom is -0.368 e. The summed E-state index contributed by atoms with van der Waals surface area (Å²) in [5, 5.41) is 0. The van der Waals surface area contributed by atoms with Gasteiger partial charge in [-0.1, -0.05) is 0 Å². The van der Waals surface area contributed by atoms with Crippen molar-refractivity contribution >= 4 is 17.2 Å². The monoisotopic (exact) mass is 338 g/mol. The van der Waals surface area contributed by atoms with Crippen LogP contribution in [0.5, 0.6) is 0 Å². The molecule has 8 heteroatoms. The topological polar surface area (TPSA) is 86.6 Å². The first-order valence-electron chi connectivity index (χ1n) is 8.15. The van der Waals surface area contributed by atoms with Gasteiger partial charge in [0.05, 0.1) is 0 Å². The number of nitrogens with one attached hydrogen (secondary N) is 1. The molecule has 0 aliphatic carbocycles. The van der Waals surface area contributed by atoms with Crippen molar-refractivity contribution in [3.05, 3.63) is 58.7 Å². The van der Waals surface area contributed by atoms with Crippen molar-refractivity contribution in [1.82, 2.24) is 24.3 Å². The van der Waals surface area contributed by atoms with Gasteiger partial charge in [0.15, 0.2) is 0 Å². The lowest BCUT2D eigenvalue weighted by molar-refractivity contribution is 0.0740. The number of carbonyl (C=O) groups excluding carboxylic acids is 1. The molecular weight excluding hydrogens is 320 g/mol. The summed E-state index contributed by atoms with van der Waals surface area (Å²) < 4.78 is 1.38. The van der Waals surface area contributed by atoms with E-state index in [0.717, 1.165) is 24.3 Å². The highest BCUT2D eigenvalue weighted by Gasteiger charge is 2.24. The number of hydrogen-bond acceptors (Lipinski definition) is 5. The third-order valence-corrected chi connectivity index (χ3v) is 4.53. The largest absolute Gasteiger partial charge is 0.368 e. The van der Waals surface area contributed by atoms with Crippen LogP contribution in [0.4, 0.5) is 5.69 Å². The van der Waals surface area contributed by atoms with E-state index in [1.165, 1.54) is 10.6 Å². The molecule has 1 aliphatic heterocycles. The molecule has 4 heterocycles. The smallest absolute Gasteiger partial charge is 0.331 e. The Labute approximate surface area is 143 Å². The molecule has 3 aromatic rings. The van der Waals surface area contributed by atoms with Gasteiger partial charge in [-0.2, -0.15) is 0 Å². The molecule has 0 atom stereocenters. The van der Waals surface area contributed by atoms with Crippen molar-refractivity contribution in [3.8, 4) is 0 Å². The molecule has 128 valence electrons. The number of imidazole rings is 1. The van der Waals surface area contributed by atoms with Crippen molar-refractivity contribution in [1.29, 1.82) is 0 Å². The summed E-state index contributed by atoms with van der Waals surface area (Å²) in [6.45, 7) is 4.72. The summed E-state index contributed by atoms with van der Waals surface area (Å²) in [6.07, 6.45) is 6.73. The lowest BCUT2D eigenvalue weighted by atomic mass is 10.2. The zero-order valence-electron chi connectivity index (χ0n) is 13.8. The second-order valence-electron chi connectivity index (χ2n) is 6.09. The summed E-state index contributed by atoms with van der Waals surface area (Å²) in [5.74, 6) is -0.172. The van der Waals surface area contributed by atoms with Gasteiger partial charge in [0, 0.05) is 62.7 Å². The van der Waals surface area contributed by atoms with Crippen molar-refractivity contribution in [2.45, 2.75) is 6.92 Å². The Kier molecular flexibility index (Phi) is 3.72. The number of hydrogen-bond donors (Lipinski definition) is 1. The first kappa shape index (κ1) is 15.4. The molecule has 1 N–H and O–H groups in total. The van der Waals surface area contributed by atoms with Gasteiger partial charge in [-0.15, -0.1) is 0 Å². The number of aromatic amines is 1. The van der Waals surface area contributed by atoms with E-state index in [2.05, 4.69) is 19.9 Å². The fourth-order valence-electron chi connectivity index (χ4n) is 3.19. The highest BCUT2D eigenvalue weighted by molar-refractivity contribution is 5.93. The van der Waals surface area contributed by atoms with Crippen LogP contribution < -0.4 is 10.6 Å². The second-order valence-corrected chi connectivity index (χ2v) is 6.09. The predicted octanol–water partition coefficient (Wildman–Crippen LogP) is 0.688. The molecule has 3 aromatic heterocycles. The highest BCUT2D eigenvalue weighted by atomic mass is 16.2. The van der Waals surface area contributed by atoms with Crippen LogP contribution in [0.1, 0.15) is 16.1 Å². The first-order chi connectivity index (χ1) is 12.1. The fraction of sp³-hybridized carbons (Fsp3) is 0.294. The number of aryl methyl sites for hydroxylation is 1. The van der Waals surface area contributed by atoms with E-state index >= 15 is 0 Å². The van der Waals surface area contributed by atoms with E-state index in [-0.39, 0.29) is 17.3 Å². The normalized spacial score (nSPS) is 14.9. The third kappa shape index (κ3) is 2.75. The average molecular weight is 338 g/mol. The molecule has 1 fully saturated rings.